The molecule has 5 nitrogen and oxygen atoms in total. The van der Waals surface area contributed by atoms with E-state index in [1.54, 1.807) is 12.2 Å². The maximum Gasteiger partial charge on any atom is 0.306 e. The molecule has 0 unspecified atom stereocenters. The molecule has 0 bridgehead atoms. The highest BCUT2D eigenvalue weighted by Gasteiger charge is 2.29. The monoisotopic (exact) mass is 333 g/mol. The minimum absolute atomic E-state index is 0.108. The van der Waals surface area contributed by atoms with Crippen molar-refractivity contribution in [2.24, 2.45) is 5.92 Å². The summed E-state index contributed by atoms with van der Waals surface area (Å²) in [5, 5.41) is 8.74. The largest absolute Gasteiger partial charge is 0.481 e. The van der Waals surface area contributed by atoms with Gasteiger partial charge in [0.05, 0.1) is 10.9 Å². The number of rotatable bonds is 4. The van der Waals surface area contributed by atoms with Crippen molar-refractivity contribution in [3.8, 4) is 0 Å². The third-order valence-corrected chi connectivity index (χ3v) is 5.16. The molecule has 1 aromatic carbocycles. The van der Waals surface area contributed by atoms with E-state index in [1.807, 2.05) is 0 Å². The highest BCUT2D eigenvalue weighted by atomic mass is 35.5. The summed E-state index contributed by atoms with van der Waals surface area (Å²) in [6.45, 7) is 0. The molecular weight excluding hydrogens is 321 g/mol. The van der Waals surface area contributed by atoms with Crippen LogP contribution in [0.5, 0.6) is 0 Å². The maximum atomic E-state index is 13.7. The standard InChI is InChI=1S/C13H13ClFNO4S/c14-10-5-2-6-11(15)12(10)21(19,20)16-9-4-1-3-8(7-9)13(17)18/h1-2,4-6,8-9,16H,3,7H2,(H,17,18)/t8-,9-/m1/s1. The summed E-state index contributed by atoms with van der Waals surface area (Å²) in [4.78, 5) is 10.3. The van der Waals surface area contributed by atoms with Gasteiger partial charge < -0.3 is 5.11 Å². The highest BCUT2D eigenvalue weighted by molar-refractivity contribution is 7.89. The van der Waals surface area contributed by atoms with Crippen LogP contribution < -0.4 is 4.72 Å². The molecule has 0 saturated heterocycles. The van der Waals surface area contributed by atoms with Gasteiger partial charge in [0.15, 0.2) is 0 Å². The number of carboxylic acids is 1. The quantitative estimate of drug-likeness (QED) is 0.827. The molecule has 1 aromatic rings. The van der Waals surface area contributed by atoms with Gasteiger partial charge in [-0.3, -0.25) is 4.79 Å². The molecule has 8 heteroatoms. The fourth-order valence-corrected chi connectivity index (χ4v) is 3.98. The Bertz CT molecular complexity index is 669. The average molecular weight is 334 g/mol. The molecule has 1 aliphatic rings. The van der Waals surface area contributed by atoms with E-state index in [2.05, 4.69) is 4.72 Å². The van der Waals surface area contributed by atoms with E-state index < -0.39 is 38.7 Å². The number of benzene rings is 1. The summed E-state index contributed by atoms with van der Waals surface area (Å²) in [5.41, 5.74) is 0. The lowest BCUT2D eigenvalue weighted by molar-refractivity contribution is -0.142. The third kappa shape index (κ3) is 3.61. The minimum Gasteiger partial charge on any atom is -0.481 e. The molecule has 2 rings (SSSR count). The van der Waals surface area contributed by atoms with Crippen LogP contribution in [0.25, 0.3) is 0 Å². The molecule has 0 radical (unpaired) electrons. The van der Waals surface area contributed by atoms with E-state index in [9.17, 15) is 17.6 Å². The molecule has 21 heavy (non-hydrogen) atoms. The van der Waals surface area contributed by atoms with E-state index in [1.165, 1.54) is 12.1 Å². The zero-order valence-corrected chi connectivity index (χ0v) is 12.4. The lowest BCUT2D eigenvalue weighted by atomic mass is 9.92. The Balaban J connectivity index is 2.24. The van der Waals surface area contributed by atoms with Gasteiger partial charge in [-0.1, -0.05) is 29.8 Å². The summed E-state index contributed by atoms with van der Waals surface area (Å²) in [5.74, 6) is -2.61. The zero-order valence-electron chi connectivity index (χ0n) is 10.8. The van der Waals surface area contributed by atoms with Crippen molar-refractivity contribution >= 4 is 27.6 Å². The average Bonchev–Trinajstić information content (AvgIpc) is 2.37. The molecule has 2 N–H and O–H groups in total. The van der Waals surface area contributed by atoms with Crippen molar-refractivity contribution < 1.29 is 22.7 Å². The number of aliphatic carboxylic acids is 1. The molecule has 1 aliphatic carbocycles. The second-order valence-corrected chi connectivity index (χ2v) is 6.77. The Hall–Kier alpha value is -1.44. The van der Waals surface area contributed by atoms with Crippen molar-refractivity contribution in [3.05, 3.63) is 41.2 Å². The summed E-state index contributed by atoms with van der Waals surface area (Å²) in [6, 6.07) is 2.87. The lowest BCUT2D eigenvalue weighted by Gasteiger charge is -2.23. The first-order chi connectivity index (χ1) is 9.81. The molecule has 0 aliphatic heterocycles. The smallest absolute Gasteiger partial charge is 0.306 e. The molecule has 0 aromatic heterocycles. The summed E-state index contributed by atoms with van der Waals surface area (Å²) in [7, 11) is -4.17. The predicted molar refractivity (Wildman–Crippen MR) is 75.0 cm³/mol. The van der Waals surface area contributed by atoms with Crippen molar-refractivity contribution in [2.75, 3.05) is 0 Å². The van der Waals surface area contributed by atoms with Crippen LogP contribution in [-0.2, 0) is 14.8 Å². The predicted octanol–water partition coefficient (Wildman–Crippen LogP) is 2.18. The van der Waals surface area contributed by atoms with E-state index in [4.69, 9.17) is 16.7 Å². The van der Waals surface area contributed by atoms with Gasteiger partial charge in [0.2, 0.25) is 10.0 Å². The number of nitrogens with one attached hydrogen (secondary N) is 1. The van der Waals surface area contributed by atoms with Gasteiger partial charge in [0, 0.05) is 6.04 Å². The van der Waals surface area contributed by atoms with Crippen LogP contribution in [0.2, 0.25) is 5.02 Å². The second-order valence-electron chi connectivity index (χ2n) is 4.71. The molecule has 0 heterocycles. The van der Waals surface area contributed by atoms with Crippen LogP contribution in [0.3, 0.4) is 0 Å². The first kappa shape index (κ1) is 15.9. The van der Waals surface area contributed by atoms with Crippen LogP contribution in [0.4, 0.5) is 4.39 Å². The van der Waals surface area contributed by atoms with Gasteiger partial charge in [-0.05, 0) is 25.0 Å². The van der Waals surface area contributed by atoms with Crippen LogP contribution in [0.1, 0.15) is 12.8 Å². The molecule has 0 fully saturated rings. The van der Waals surface area contributed by atoms with Crippen molar-refractivity contribution in [3.63, 3.8) is 0 Å². The number of hydrogen-bond donors (Lipinski definition) is 2. The van der Waals surface area contributed by atoms with Gasteiger partial charge in [-0.25, -0.2) is 17.5 Å². The lowest BCUT2D eigenvalue weighted by Crippen LogP contribution is -2.38. The second kappa shape index (κ2) is 6.13. The topological polar surface area (TPSA) is 83.5 Å². The highest BCUT2D eigenvalue weighted by Crippen LogP contribution is 2.26. The number of carboxylic acid groups (broad SMARTS) is 1. The molecule has 0 amide bonds. The van der Waals surface area contributed by atoms with Crippen LogP contribution >= 0.6 is 11.6 Å². The van der Waals surface area contributed by atoms with Gasteiger partial charge >= 0.3 is 5.97 Å². The molecule has 114 valence electrons. The van der Waals surface area contributed by atoms with E-state index in [0.29, 0.717) is 6.42 Å². The normalized spacial score (nSPS) is 22.2. The first-order valence-corrected chi connectivity index (χ1v) is 8.03. The Morgan fingerprint density at radius 3 is 2.76 bits per heavy atom. The van der Waals surface area contributed by atoms with Gasteiger partial charge in [0.1, 0.15) is 10.7 Å². The third-order valence-electron chi connectivity index (χ3n) is 3.17. The molecule has 2 atom stereocenters. The Morgan fingerprint density at radius 1 is 1.43 bits per heavy atom. The minimum atomic E-state index is -4.17. The number of allylic oxidation sites excluding steroid dienone is 1. The van der Waals surface area contributed by atoms with Crippen LogP contribution in [0, 0.1) is 11.7 Å². The number of sulfonamides is 1. The van der Waals surface area contributed by atoms with Gasteiger partial charge in [-0.15, -0.1) is 0 Å². The van der Waals surface area contributed by atoms with Crippen LogP contribution in [-0.4, -0.2) is 25.5 Å². The fraction of sp³-hybridized carbons (Fsp3) is 0.308. The van der Waals surface area contributed by atoms with E-state index in [-0.39, 0.29) is 11.4 Å². The van der Waals surface area contributed by atoms with E-state index in [0.717, 1.165) is 6.07 Å². The SMILES string of the molecule is O=C(O)[C@@H]1CC=C[C@@H](NS(=O)(=O)c2c(F)cccc2Cl)C1. The summed E-state index contributed by atoms with van der Waals surface area (Å²) >= 11 is 5.74. The molecule has 0 spiro atoms. The zero-order chi connectivity index (χ0) is 15.6. The van der Waals surface area contributed by atoms with Crippen molar-refractivity contribution in [2.45, 2.75) is 23.8 Å². The number of halogens is 2. The van der Waals surface area contributed by atoms with Crippen molar-refractivity contribution in [1.82, 2.24) is 4.72 Å². The summed E-state index contributed by atoms with van der Waals surface area (Å²) < 4.78 is 40.4. The van der Waals surface area contributed by atoms with Crippen LogP contribution in [0.15, 0.2) is 35.2 Å². The fourth-order valence-electron chi connectivity index (χ4n) is 2.17. The maximum absolute atomic E-state index is 13.7. The summed E-state index contributed by atoms with van der Waals surface area (Å²) in [6.07, 6.45) is 3.61. The molecular formula is C13H13ClFNO4S. The number of carbonyl (C=O) groups is 1. The van der Waals surface area contributed by atoms with Gasteiger partial charge in [-0.2, -0.15) is 0 Å². The van der Waals surface area contributed by atoms with Gasteiger partial charge in [0.25, 0.3) is 0 Å². The Labute approximate surface area is 126 Å². The Kier molecular flexibility index (Phi) is 4.65. The van der Waals surface area contributed by atoms with E-state index >= 15 is 0 Å². The van der Waals surface area contributed by atoms with Crippen molar-refractivity contribution in [1.29, 1.82) is 0 Å². The Morgan fingerprint density at radius 2 is 2.14 bits per heavy atom. The number of hydrogen-bond acceptors (Lipinski definition) is 3. The first-order valence-electron chi connectivity index (χ1n) is 6.17. The molecule has 0 saturated carbocycles.